The topological polar surface area (TPSA) is 53.6 Å². The van der Waals surface area contributed by atoms with Crippen molar-refractivity contribution in [1.82, 2.24) is 10.2 Å². The van der Waals surface area contributed by atoms with Gasteiger partial charge in [-0.15, -0.1) is 0 Å². The van der Waals surface area contributed by atoms with Crippen molar-refractivity contribution in [1.29, 1.82) is 0 Å². The number of nitrogens with two attached hydrogens (primary N) is 1. The van der Waals surface area contributed by atoms with Gasteiger partial charge < -0.3 is 11.1 Å². The van der Waals surface area contributed by atoms with E-state index in [1.54, 1.807) is 0 Å². The standard InChI is InChI=1S/C20H26N4/c21-20(22-13-17-7-3-1-4-8-17)23-14-19-11-12-24(16-19)15-18-9-5-2-6-10-18/h1-10,19H,11-16H2,(H3,21,22,23). The average Bonchev–Trinajstić information content (AvgIpc) is 3.07. The number of aliphatic imine (C=N–C) groups is 1. The Morgan fingerprint density at radius 1 is 1.04 bits per heavy atom. The summed E-state index contributed by atoms with van der Waals surface area (Å²) in [7, 11) is 0. The Morgan fingerprint density at radius 2 is 1.71 bits per heavy atom. The van der Waals surface area contributed by atoms with Crippen molar-refractivity contribution in [3.63, 3.8) is 0 Å². The Bertz CT molecular complexity index is 639. The summed E-state index contributed by atoms with van der Waals surface area (Å²) in [5.74, 6) is 1.18. The van der Waals surface area contributed by atoms with Crippen LogP contribution in [0.3, 0.4) is 0 Å². The van der Waals surface area contributed by atoms with Gasteiger partial charge in [-0.05, 0) is 30.0 Å². The molecule has 3 rings (SSSR count). The number of likely N-dealkylation sites (tertiary alicyclic amines) is 1. The van der Waals surface area contributed by atoms with Crippen LogP contribution in [0.1, 0.15) is 17.5 Å². The first kappa shape index (κ1) is 16.5. The van der Waals surface area contributed by atoms with Gasteiger partial charge in [-0.2, -0.15) is 0 Å². The van der Waals surface area contributed by atoms with E-state index < -0.39 is 0 Å². The van der Waals surface area contributed by atoms with Crippen LogP contribution >= 0.6 is 0 Å². The van der Waals surface area contributed by atoms with Gasteiger partial charge in [-0.3, -0.25) is 4.90 Å². The number of nitrogens with zero attached hydrogens (tertiary/aromatic N) is 2. The number of nitrogens with one attached hydrogen (secondary N) is 1. The number of hydrogen-bond donors (Lipinski definition) is 2. The van der Waals surface area contributed by atoms with Crippen LogP contribution in [0.4, 0.5) is 0 Å². The summed E-state index contributed by atoms with van der Waals surface area (Å²) in [6.07, 6.45) is 1.21. The van der Waals surface area contributed by atoms with E-state index in [1.807, 2.05) is 18.2 Å². The van der Waals surface area contributed by atoms with Gasteiger partial charge in [-0.1, -0.05) is 60.7 Å². The molecule has 0 bridgehead atoms. The maximum atomic E-state index is 5.98. The quantitative estimate of drug-likeness (QED) is 0.635. The van der Waals surface area contributed by atoms with E-state index in [0.717, 1.165) is 26.2 Å². The van der Waals surface area contributed by atoms with Crippen LogP contribution in [-0.4, -0.2) is 30.5 Å². The van der Waals surface area contributed by atoms with Crippen molar-refractivity contribution in [2.45, 2.75) is 19.5 Å². The molecule has 0 amide bonds. The highest BCUT2D eigenvalue weighted by molar-refractivity contribution is 5.77. The molecule has 4 nitrogen and oxygen atoms in total. The summed E-state index contributed by atoms with van der Waals surface area (Å²) in [6.45, 7) is 4.84. The summed E-state index contributed by atoms with van der Waals surface area (Å²) < 4.78 is 0. The molecule has 3 N–H and O–H groups in total. The Balaban J connectivity index is 1.39. The van der Waals surface area contributed by atoms with Crippen LogP contribution in [0.25, 0.3) is 0 Å². The minimum atomic E-state index is 0.542. The van der Waals surface area contributed by atoms with E-state index in [1.165, 1.54) is 17.5 Å². The molecule has 0 aliphatic carbocycles. The van der Waals surface area contributed by atoms with Crippen LogP contribution in [0.2, 0.25) is 0 Å². The lowest BCUT2D eigenvalue weighted by atomic mass is 10.1. The summed E-state index contributed by atoms with van der Waals surface area (Å²) >= 11 is 0. The predicted octanol–water partition coefficient (Wildman–Crippen LogP) is 2.61. The molecule has 1 aliphatic heterocycles. The molecule has 126 valence electrons. The molecule has 1 aliphatic rings. The van der Waals surface area contributed by atoms with E-state index in [4.69, 9.17) is 5.73 Å². The van der Waals surface area contributed by atoms with Gasteiger partial charge in [0.2, 0.25) is 0 Å². The second-order valence-corrected chi connectivity index (χ2v) is 6.44. The summed E-state index contributed by atoms with van der Waals surface area (Å²) in [4.78, 5) is 6.92. The van der Waals surface area contributed by atoms with Gasteiger partial charge >= 0.3 is 0 Å². The minimum Gasteiger partial charge on any atom is -0.370 e. The van der Waals surface area contributed by atoms with E-state index in [2.05, 4.69) is 57.7 Å². The normalized spacial score (nSPS) is 18.7. The minimum absolute atomic E-state index is 0.542. The molecule has 2 aromatic rings. The van der Waals surface area contributed by atoms with Crippen LogP contribution in [-0.2, 0) is 13.1 Å². The molecule has 0 saturated carbocycles. The van der Waals surface area contributed by atoms with Gasteiger partial charge in [0.15, 0.2) is 5.96 Å². The number of guanidine groups is 1. The smallest absolute Gasteiger partial charge is 0.188 e. The van der Waals surface area contributed by atoms with Crippen LogP contribution in [0, 0.1) is 5.92 Å². The summed E-state index contributed by atoms with van der Waals surface area (Å²) in [6, 6.07) is 20.9. The summed E-state index contributed by atoms with van der Waals surface area (Å²) in [5.41, 5.74) is 8.55. The number of benzene rings is 2. The van der Waals surface area contributed by atoms with Crippen molar-refractivity contribution in [3.05, 3.63) is 71.8 Å². The van der Waals surface area contributed by atoms with E-state index in [-0.39, 0.29) is 0 Å². The van der Waals surface area contributed by atoms with Gasteiger partial charge in [0.25, 0.3) is 0 Å². The van der Waals surface area contributed by atoms with Gasteiger partial charge in [0.05, 0.1) is 6.54 Å². The second-order valence-electron chi connectivity index (χ2n) is 6.44. The Hall–Kier alpha value is -2.33. The Morgan fingerprint density at radius 3 is 2.42 bits per heavy atom. The molecule has 1 fully saturated rings. The highest BCUT2D eigenvalue weighted by atomic mass is 15.2. The van der Waals surface area contributed by atoms with Crippen molar-refractivity contribution >= 4 is 5.96 Å². The van der Waals surface area contributed by atoms with Crippen molar-refractivity contribution in [2.24, 2.45) is 16.6 Å². The molecular weight excluding hydrogens is 296 g/mol. The first-order valence-electron chi connectivity index (χ1n) is 8.63. The fourth-order valence-corrected chi connectivity index (χ4v) is 3.13. The first-order valence-corrected chi connectivity index (χ1v) is 8.63. The molecular formula is C20H26N4. The van der Waals surface area contributed by atoms with Crippen molar-refractivity contribution in [3.8, 4) is 0 Å². The lowest BCUT2D eigenvalue weighted by molar-refractivity contribution is 0.316. The largest absolute Gasteiger partial charge is 0.370 e. The van der Waals surface area contributed by atoms with Gasteiger partial charge in [-0.25, -0.2) is 4.99 Å². The monoisotopic (exact) mass is 322 g/mol. The molecule has 0 aromatic heterocycles. The molecule has 1 unspecified atom stereocenters. The van der Waals surface area contributed by atoms with Crippen LogP contribution < -0.4 is 11.1 Å². The Kier molecular flexibility index (Phi) is 5.85. The molecule has 0 radical (unpaired) electrons. The Labute approximate surface area is 144 Å². The fourth-order valence-electron chi connectivity index (χ4n) is 3.13. The maximum absolute atomic E-state index is 5.98. The molecule has 0 spiro atoms. The van der Waals surface area contributed by atoms with Crippen molar-refractivity contribution < 1.29 is 0 Å². The third-order valence-electron chi connectivity index (χ3n) is 4.47. The first-order chi connectivity index (χ1) is 11.8. The zero-order valence-corrected chi connectivity index (χ0v) is 14.1. The zero-order valence-electron chi connectivity index (χ0n) is 14.1. The molecule has 1 atom stereocenters. The van der Waals surface area contributed by atoms with E-state index in [0.29, 0.717) is 18.4 Å². The SMILES string of the molecule is NC(=NCc1ccccc1)NCC1CCN(Cc2ccccc2)C1. The molecule has 4 heteroatoms. The van der Waals surface area contributed by atoms with E-state index >= 15 is 0 Å². The summed E-state index contributed by atoms with van der Waals surface area (Å²) in [5, 5.41) is 3.28. The third kappa shape index (κ3) is 5.10. The molecule has 1 saturated heterocycles. The van der Waals surface area contributed by atoms with Gasteiger partial charge in [0, 0.05) is 19.6 Å². The number of hydrogen-bond acceptors (Lipinski definition) is 2. The lowest BCUT2D eigenvalue weighted by Gasteiger charge is -2.16. The average molecular weight is 322 g/mol. The highest BCUT2D eigenvalue weighted by Gasteiger charge is 2.22. The molecule has 2 aromatic carbocycles. The van der Waals surface area contributed by atoms with Crippen LogP contribution in [0.5, 0.6) is 0 Å². The lowest BCUT2D eigenvalue weighted by Crippen LogP contribution is -2.36. The number of rotatable bonds is 6. The molecule has 24 heavy (non-hydrogen) atoms. The van der Waals surface area contributed by atoms with Crippen molar-refractivity contribution in [2.75, 3.05) is 19.6 Å². The predicted molar refractivity (Wildman–Crippen MR) is 99.6 cm³/mol. The maximum Gasteiger partial charge on any atom is 0.188 e. The van der Waals surface area contributed by atoms with E-state index in [9.17, 15) is 0 Å². The second kappa shape index (κ2) is 8.50. The third-order valence-corrected chi connectivity index (χ3v) is 4.47. The highest BCUT2D eigenvalue weighted by Crippen LogP contribution is 2.17. The molecule has 1 heterocycles. The zero-order chi connectivity index (χ0) is 16.6. The fraction of sp³-hybridized carbons (Fsp3) is 0.350. The van der Waals surface area contributed by atoms with Crippen LogP contribution in [0.15, 0.2) is 65.7 Å². The van der Waals surface area contributed by atoms with Gasteiger partial charge in [0.1, 0.15) is 0 Å².